The van der Waals surface area contributed by atoms with Crippen molar-refractivity contribution in [2.24, 2.45) is 7.05 Å². The van der Waals surface area contributed by atoms with E-state index in [1.165, 1.54) is 48.2 Å². The number of hydrogen-bond donors (Lipinski definition) is 1. The number of aryl methyl sites for hydroxylation is 1. The van der Waals surface area contributed by atoms with Gasteiger partial charge in [0.25, 0.3) is 0 Å². The lowest BCUT2D eigenvalue weighted by molar-refractivity contribution is 0.262. The summed E-state index contributed by atoms with van der Waals surface area (Å²) in [5.74, 6) is 1.94. The number of aromatic nitrogens is 2. The van der Waals surface area contributed by atoms with Gasteiger partial charge in [-0.25, -0.2) is 4.98 Å². The smallest absolute Gasteiger partial charge is 0.122 e. The third kappa shape index (κ3) is 7.34. The highest BCUT2D eigenvalue weighted by atomic mass is 16.5. The van der Waals surface area contributed by atoms with Crippen LogP contribution in [-0.2, 0) is 13.5 Å². The van der Waals surface area contributed by atoms with Crippen LogP contribution in [0.4, 0.5) is 0 Å². The summed E-state index contributed by atoms with van der Waals surface area (Å²) in [6, 6.07) is 12.7. The van der Waals surface area contributed by atoms with Crippen LogP contribution < -0.4 is 14.8 Å². The van der Waals surface area contributed by atoms with Crippen LogP contribution in [0.5, 0.6) is 11.5 Å². The number of nitrogens with zero attached hydrogens (tertiary/aromatic N) is 3. The van der Waals surface area contributed by atoms with Crippen molar-refractivity contribution in [3.63, 3.8) is 0 Å². The highest BCUT2D eigenvalue weighted by molar-refractivity contribution is 5.74. The van der Waals surface area contributed by atoms with Crippen molar-refractivity contribution in [3.05, 3.63) is 65.7 Å². The van der Waals surface area contributed by atoms with Crippen LogP contribution >= 0.6 is 0 Å². The van der Waals surface area contributed by atoms with Gasteiger partial charge in [-0.15, -0.1) is 0 Å². The summed E-state index contributed by atoms with van der Waals surface area (Å²) in [4.78, 5) is 6.91. The Morgan fingerprint density at radius 1 is 0.861 bits per heavy atom. The number of ether oxygens (including phenoxy) is 2. The molecule has 194 valence electrons. The number of rotatable bonds is 14. The maximum absolute atomic E-state index is 6.20. The van der Waals surface area contributed by atoms with E-state index in [1.54, 1.807) is 0 Å². The van der Waals surface area contributed by atoms with E-state index in [4.69, 9.17) is 9.47 Å². The van der Waals surface area contributed by atoms with E-state index < -0.39 is 0 Å². The van der Waals surface area contributed by atoms with Crippen LogP contribution in [0, 0.1) is 13.8 Å². The summed E-state index contributed by atoms with van der Waals surface area (Å²) in [5, 5.41) is 3.49. The van der Waals surface area contributed by atoms with Crippen LogP contribution in [-0.4, -0.2) is 60.4 Å². The number of likely N-dealkylation sites (tertiary alicyclic amines) is 1. The second-order valence-electron chi connectivity index (χ2n) is 9.84. The van der Waals surface area contributed by atoms with E-state index in [2.05, 4.69) is 71.6 Å². The largest absolute Gasteiger partial charge is 0.493 e. The van der Waals surface area contributed by atoms with Gasteiger partial charge in [0.1, 0.15) is 11.5 Å². The Morgan fingerprint density at radius 2 is 1.50 bits per heavy atom. The molecule has 36 heavy (non-hydrogen) atoms. The van der Waals surface area contributed by atoms with Gasteiger partial charge in [0.2, 0.25) is 0 Å². The van der Waals surface area contributed by atoms with Gasteiger partial charge in [0, 0.05) is 32.8 Å². The first-order valence-electron chi connectivity index (χ1n) is 13.5. The van der Waals surface area contributed by atoms with Crippen LogP contribution in [0.3, 0.4) is 0 Å². The van der Waals surface area contributed by atoms with Gasteiger partial charge in [-0.2, -0.15) is 0 Å². The summed E-state index contributed by atoms with van der Waals surface area (Å²) in [7, 11) is 2.00. The molecule has 4 rings (SSSR count). The van der Waals surface area contributed by atoms with Gasteiger partial charge in [-0.3, -0.25) is 0 Å². The molecule has 0 spiro atoms. The number of imidazole rings is 1. The first-order chi connectivity index (χ1) is 17.6. The Labute approximate surface area is 216 Å². The van der Waals surface area contributed by atoms with E-state index in [-0.39, 0.29) is 0 Å². The lowest BCUT2D eigenvalue weighted by Gasteiger charge is -2.18. The van der Waals surface area contributed by atoms with Crippen LogP contribution in [0.1, 0.15) is 42.5 Å². The van der Waals surface area contributed by atoms with Crippen molar-refractivity contribution in [2.75, 3.05) is 45.9 Å². The van der Waals surface area contributed by atoms with E-state index in [1.807, 2.05) is 17.9 Å². The highest BCUT2D eigenvalue weighted by Crippen LogP contribution is 2.35. The summed E-state index contributed by atoms with van der Waals surface area (Å²) in [6.45, 7) is 11.3. The first-order valence-corrected chi connectivity index (χ1v) is 13.5. The molecular weight excluding hydrogens is 448 g/mol. The van der Waals surface area contributed by atoms with Crippen molar-refractivity contribution < 1.29 is 9.47 Å². The number of hydrogen-bond acceptors (Lipinski definition) is 5. The predicted octanol–water partition coefficient (Wildman–Crippen LogP) is 5.17. The Hall–Kier alpha value is -2.83. The maximum Gasteiger partial charge on any atom is 0.122 e. The molecule has 6 nitrogen and oxygen atoms in total. The normalized spacial score (nSPS) is 13.9. The summed E-state index contributed by atoms with van der Waals surface area (Å²) >= 11 is 0. The summed E-state index contributed by atoms with van der Waals surface area (Å²) in [6.07, 6.45) is 9.58. The molecule has 0 amide bonds. The number of benzene rings is 2. The minimum absolute atomic E-state index is 0.694. The molecule has 0 unspecified atom stereocenters. The van der Waals surface area contributed by atoms with Gasteiger partial charge in [-0.1, -0.05) is 24.3 Å². The first kappa shape index (κ1) is 26.2. The van der Waals surface area contributed by atoms with Gasteiger partial charge < -0.3 is 24.3 Å². The van der Waals surface area contributed by atoms with Crippen LogP contribution in [0.15, 0.2) is 48.9 Å². The highest BCUT2D eigenvalue weighted by Gasteiger charge is 2.13. The van der Waals surface area contributed by atoms with Gasteiger partial charge in [-0.05, 0) is 93.6 Å². The zero-order valence-electron chi connectivity index (χ0n) is 22.3. The average molecular weight is 491 g/mol. The molecule has 0 atom stereocenters. The Balaban J connectivity index is 1.25. The third-order valence-electron chi connectivity index (χ3n) is 7.01. The molecule has 1 aliphatic heterocycles. The fourth-order valence-electron chi connectivity index (χ4n) is 4.92. The topological polar surface area (TPSA) is 51.6 Å². The molecule has 1 N–H and O–H groups in total. The molecule has 1 aromatic heterocycles. The van der Waals surface area contributed by atoms with Crippen molar-refractivity contribution >= 4 is 0 Å². The van der Waals surface area contributed by atoms with Crippen molar-refractivity contribution in [1.29, 1.82) is 0 Å². The molecule has 1 saturated heterocycles. The standard InChI is InChI=1S/C30H42N4O2/c1-24-27(28-11-7-13-30(25(28)2)36-21-9-19-34-17-4-5-18-34)10-6-12-29(24)35-20-8-15-31-16-14-26-22-33(3)23-32-26/h6-7,10-13,22-23,31H,4-5,8-9,14-21H2,1-3H3. The van der Waals surface area contributed by atoms with Gasteiger partial charge in [0.05, 0.1) is 25.2 Å². The zero-order valence-corrected chi connectivity index (χ0v) is 22.3. The minimum atomic E-state index is 0.694. The fourth-order valence-corrected chi connectivity index (χ4v) is 4.92. The third-order valence-corrected chi connectivity index (χ3v) is 7.01. The van der Waals surface area contributed by atoms with Crippen molar-refractivity contribution in [2.45, 2.75) is 46.0 Å². The van der Waals surface area contributed by atoms with E-state index in [0.717, 1.165) is 62.7 Å². The summed E-state index contributed by atoms with van der Waals surface area (Å²) < 4.78 is 14.4. The Bertz CT molecular complexity index is 1090. The molecule has 0 saturated carbocycles. The lowest BCUT2D eigenvalue weighted by atomic mass is 9.95. The van der Waals surface area contributed by atoms with Crippen molar-refractivity contribution in [1.82, 2.24) is 19.8 Å². The minimum Gasteiger partial charge on any atom is -0.493 e. The SMILES string of the molecule is Cc1c(OCCCNCCc2cn(C)cn2)cccc1-c1cccc(OCCCN2CCCC2)c1C. The molecule has 0 bridgehead atoms. The van der Waals surface area contributed by atoms with Gasteiger partial charge >= 0.3 is 0 Å². The zero-order chi connectivity index (χ0) is 25.2. The Kier molecular flexibility index (Phi) is 9.82. The molecule has 2 heterocycles. The molecular formula is C30H42N4O2. The van der Waals surface area contributed by atoms with E-state index >= 15 is 0 Å². The molecule has 6 heteroatoms. The quantitative estimate of drug-likeness (QED) is 0.316. The molecule has 0 aliphatic carbocycles. The van der Waals surface area contributed by atoms with Gasteiger partial charge in [0.15, 0.2) is 0 Å². The van der Waals surface area contributed by atoms with Crippen molar-refractivity contribution in [3.8, 4) is 22.6 Å². The predicted molar refractivity (Wildman–Crippen MR) is 147 cm³/mol. The van der Waals surface area contributed by atoms with E-state index in [9.17, 15) is 0 Å². The molecule has 2 aromatic carbocycles. The molecule has 1 fully saturated rings. The van der Waals surface area contributed by atoms with E-state index in [0.29, 0.717) is 6.61 Å². The fraction of sp³-hybridized carbons (Fsp3) is 0.500. The second kappa shape index (κ2) is 13.5. The maximum atomic E-state index is 6.20. The average Bonchev–Trinajstić information content (AvgIpc) is 3.55. The molecule has 3 aromatic rings. The number of nitrogens with one attached hydrogen (secondary N) is 1. The lowest BCUT2D eigenvalue weighted by Crippen LogP contribution is -2.22. The summed E-state index contributed by atoms with van der Waals surface area (Å²) in [5.41, 5.74) is 5.92. The molecule has 0 radical (unpaired) electrons. The second-order valence-corrected chi connectivity index (χ2v) is 9.84. The van der Waals surface area contributed by atoms with Crippen LogP contribution in [0.25, 0.3) is 11.1 Å². The van der Waals surface area contributed by atoms with Crippen LogP contribution in [0.2, 0.25) is 0 Å². The monoisotopic (exact) mass is 490 g/mol. The Morgan fingerprint density at radius 3 is 2.11 bits per heavy atom. The molecule has 1 aliphatic rings.